The van der Waals surface area contributed by atoms with Gasteiger partial charge in [-0.15, -0.1) is 0 Å². The number of benzene rings is 1. The standard InChI is InChI=1S/C22H39N/c1-5-7-8-9-10-11-12-13-14-15-19-23(6-2)22-18-16-17-20(3)21(22)4/h16-18H,5-15,19H2,1-4H3. The van der Waals surface area contributed by atoms with E-state index in [1.54, 1.807) is 0 Å². The van der Waals surface area contributed by atoms with Crippen LogP contribution in [0.2, 0.25) is 0 Å². The Bertz CT molecular complexity index is 410. The lowest BCUT2D eigenvalue weighted by Gasteiger charge is -2.25. The Morgan fingerprint density at radius 2 is 1.30 bits per heavy atom. The highest BCUT2D eigenvalue weighted by molar-refractivity contribution is 5.55. The van der Waals surface area contributed by atoms with E-state index in [2.05, 4.69) is 50.8 Å². The van der Waals surface area contributed by atoms with Crippen molar-refractivity contribution in [3.63, 3.8) is 0 Å². The molecule has 0 N–H and O–H groups in total. The Labute approximate surface area is 145 Å². The molecule has 23 heavy (non-hydrogen) atoms. The first-order chi connectivity index (χ1) is 11.2. The summed E-state index contributed by atoms with van der Waals surface area (Å²) in [6.45, 7) is 11.4. The van der Waals surface area contributed by atoms with Crippen LogP contribution in [-0.2, 0) is 0 Å². The fraction of sp³-hybridized carbons (Fsp3) is 0.727. The molecular formula is C22H39N. The van der Waals surface area contributed by atoms with Crippen molar-refractivity contribution in [1.82, 2.24) is 0 Å². The van der Waals surface area contributed by atoms with E-state index in [1.807, 2.05) is 0 Å². The van der Waals surface area contributed by atoms with Gasteiger partial charge in [-0.05, 0) is 44.4 Å². The van der Waals surface area contributed by atoms with E-state index in [1.165, 1.54) is 87.6 Å². The topological polar surface area (TPSA) is 3.24 Å². The van der Waals surface area contributed by atoms with Crippen molar-refractivity contribution in [2.24, 2.45) is 0 Å². The average Bonchev–Trinajstić information content (AvgIpc) is 2.56. The van der Waals surface area contributed by atoms with Gasteiger partial charge in [0.1, 0.15) is 0 Å². The number of aryl methyl sites for hydroxylation is 1. The quantitative estimate of drug-likeness (QED) is 0.352. The van der Waals surface area contributed by atoms with Crippen LogP contribution < -0.4 is 4.90 Å². The van der Waals surface area contributed by atoms with Crippen LogP contribution in [0.1, 0.15) is 89.2 Å². The molecule has 0 atom stereocenters. The molecule has 0 bridgehead atoms. The first-order valence-electron chi connectivity index (χ1n) is 10.0. The van der Waals surface area contributed by atoms with Crippen molar-refractivity contribution in [2.45, 2.75) is 91.9 Å². The molecule has 0 amide bonds. The largest absolute Gasteiger partial charge is 0.372 e. The van der Waals surface area contributed by atoms with Gasteiger partial charge in [0.25, 0.3) is 0 Å². The number of hydrogen-bond donors (Lipinski definition) is 0. The first kappa shape index (κ1) is 20.1. The maximum absolute atomic E-state index is 2.55. The van der Waals surface area contributed by atoms with E-state index >= 15 is 0 Å². The summed E-state index contributed by atoms with van der Waals surface area (Å²) >= 11 is 0. The molecule has 1 nitrogen and oxygen atoms in total. The van der Waals surface area contributed by atoms with Gasteiger partial charge >= 0.3 is 0 Å². The summed E-state index contributed by atoms with van der Waals surface area (Å²) in [5.74, 6) is 0. The van der Waals surface area contributed by atoms with Gasteiger partial charge in [-0.2, -0.15) is 0 Å². The lowest BCUT2D eigenvalue weighted by atomic mass is 10.1. The van der Waals surface area contributed by atoms with Crippen LogP contribution in [-0.4, -0.2) is 13.1 Å². The Morgan fingerprint density at radius 1 is 0.739 bits per heavy atom. The van der Waals surface area contributed by atoms with E-state index in [0.29, 0.717) is 0 Å². The van der Waals surface area contributed by atoms with Gasteiger partial charge in [0.2, 0.25) is 0 Å². The summed E-state index contributed by atoms with van der Waals surface area (Å²) in [6.07, 6.45) is 14.1. The predicted octanol–water partition coefficient (Wildman–Crippen LogP) is 7.05. The number of unbranched alkanes of at least 4 members (excludes halogenated alkanes) is 9. The van der Waals surface area contributed by atoms with E-state index in [0.717, 1.165) is 6.54 Å². The normalized spacial score (nSPS) is 11.0. The molecule has 0 fully saturated rings. The zero-order chi connectivity index (χ0) is 16.9. The highest BCUT2D eigenvalue weighted by Crippen LogP contribution is 2.23. The third kappa shape index (κ3) is 7.90. The molecule has 132 valence electrons. The summed E-state index contributed by atoms with van der Waals surface area (Å²) in [5, 5.41) is 0. The predicted molar refractivity (Wildman–Crippen MR) is 106 cm³/mol. The third-order valence-electron chi connectivity index (χ3n) is 5.08. The molecule has 0 aromatic heterocycles. The lowest BCUT2D eigenvalue weighted by Crippen LogP contribution is -2.24. The van der Waals surface area contributed by atoms with Gasteiger partial charge in [0, 0.05) is 18.8 Å². The maximum atomic E-state index is 2.55. The lowest BCUT2D eigenvalue weighted by molar-refractivity contribution is 0.554. The van der Waals surface area contributed by atoms with E-state index in [9.17, 15) is 0 Å². The molecule has 0 aliphatic carbocycles. The summed E-state index contributed by atoms with van der Waals surface area (Å²) in [7, 11) is 0. The van der Waals surface area contributed by atoms with Gasteiger partial charge in [0.05, 0.1) is 0 Å². The zero-order valence-electron chi connectivity index (χ0n) is 16.2. The summed E-state index contributed by atoms with van der Waals surface area (Å²) in [5.41, 5.74) is 4.29. The van der Waals surface area contributed by atoms with Crippen molar-refractivity contribution in [3.05, 3.63) is 29.3 Å². The number of rotatable bonds is 13. The summed E-state index contributed by atoms with van der Waals surface area (Å²) < 4.78 is 0. The molecule has 0 saturated carbocycles. The SMILES string of the molecule is CCCCCCCCCCCCN(CC)c1cccc(C)c1C. The second-order valence-corrected chi connectivity index (χ2v) is 6.98. The average molecular weight is 318 g/mol. The van der Waals surface area contributed by atoms with Gasteiger partial charge in [0.15, 0.2) is 0 Å². The van der Waals surface area contributed by atoms with Gasteiger partial charge in [-0.3, -0.25) is 0 Å². The van der Waals surface area contributed by atoms with Crippen molar-refractivity contribution in [3.8, 4) is 0 Å². The fourth-order valence-electron chi connectivity index (χ4n) is 3.32. The number of nitrogens with zero attached hydrogens (tertiary/aromatic N) is 1. The minimum Gasteiger partial charge on any atom is -0.372 e. The van der Waals surface area contributed by atoms with Crippen LogP contribution >= 0.6 is 0 Å². The summed E-state index contributed by atoms with van der Waals surface area (Å²) in [4.78, 5) is 2.55. The van der Waals surface area contributed by atoms with Crippen LogP contribution in [0.15, 0.2) is 18.2 Å². The van der Waals surface area contributed by atoms with Crippen LogP contribution in [0, 0.1) is 13.8 Å². The molecule has 1 aromatic carbocycles. The molecule has 0 aliphatic heterocycles. The Hall–Kier alpha value is -0.980. The molecule has 0 aliphatic rings. The van der Waals surface area contributed by atoms with Crippen LogP contribution in [0.3, 0.4) is 0 Å². The molecule has 0 unspecified atom stereocenters. The molecule has 1 heteroatoms. The first-order valence-corrected chi connectivity index (χ1v) is 10.0. The molecular weight excluding hydrogens is 278 g/mol. The minimum atomic E-state index is 1.11. The molecule has 1 aromatic rings. The van der Waals surface area contributed by atoms with E-state index < -0.39 is 0 Å². The zero-order valence-corrected chi connectivity index (χ0v) is 16.2. The van der Waals surface area contributed by atoms with Gasteiger partial charge < -0.3 is 4.90 Å². The van der Waals surface area contributed by atoms with Crippen molar-refractivity contribution < 1.29 is 0 Å². The number of hydrogen-bond acceptors (Lipinski definition) is 1. The Morgan fingerprint density at radius 3 is 1.87 bits per heavy atom. The highest BCUT2D eigenvalue weighted by atomic mass is 15.1. The molecule has 0 spiro atoms. The van der Waals surface area contributed by atoms with E-state index in [-0.39, 0.29) is 0 Å². The number of anilines is 1. The van der Waals surface area contributed by atoms with Crippen LogP contribution in [0.25, 0.3) is 0 Å². The second kappa shape index (κ2) is 12.4. The Kier molecular flexibility index (Phi) is 10.9. The molecule has 0 heterocycles. The minimum absolute atomic E-state index is 1.11. The van der Waals surface area contributed by atoms with Crippen molar-refractivity contribution in [2.75, 3.05) is 18.0 Å². The summed E-state index contributed by atoms with van der Waals surface area (Å²) in [6, 6.07) is 6.69. The highest BCUT2D eigenvalue weighted by Gasteiger charge is 2.08. The maximum Gasteiger partial charge on any atom is 0.0398 e. The Balaban J connectivity index is 2.15. The molecule has 0 radical (unpaired) electrons. The van der Waals surface area contributed by atoms with Crippen LogP contribution in [0.5, 0.6) is 0 Å². The van der Waals surface area contributed by atoms with Gasteiger partial charge in [-0.1, -0.05) is 76.8 Å². The van der Waals surface area contributed by atoms with E-state index in [4.69, 9.17) is 0 Å². The van der Waals surface area contributed by atoms with Crippen molar-refractivity contribution in [1.29, 1.82) is 0 Å². The smallest absolute Gasteiger partial charge is 0.0398 e. The second-order valence-electron chi connectivity index (χ2n) is 6.98. The fourth-order valence-corrected chi connectivity index (χ4v) is 3.32. The monoisotopic (exact) mass is 317 g/mol. The molecule has 0 saturated heterocycles. The van der Waals surface area contributed by atoms with Crippen molar-refractivity contribution >= 4 is 5.69 Å². The molecule has 1 rings (SSSR count). The van der Waals surface area contributed by atoms with Gasteiger partial charge in [-0.25, -0.2) is 0 Å². The van der Waals surface area contributed by atoms with Crippen LogP contribution in [0.4, 0.5) is 5.69 Å². The third-order valence-corrected chi connectivity index (χ3v) is 5.08.